The van der Waals surface area contributed by atoms with Crippen LogP contribution >= 0.6 is 0 Å². The molecular formula is C12H12Na2O3Si2. The molecule has 7 heteroatoms. The van der Waals surface area contributed by atoms with Gasteiger partial charge in [-0.3, -0.25) is 0 Å². The van der Waals surface area contributed by atoms with Crippen LogP contribution in [-0.4, -0.2) is 18.6 Å². The van der Waals surface area contributed by atoms with Crippen molar-refractivity contribution >= 4 is 28.9 Å². The van der Waals surface area contributed by atoms with Crippen molar-refractivity contribution in [3.05, 3.63) is 60.7 Å². The first-order valence-electron chi connectivity index (χ1n) is 5.33. The van der Waals surface area contributed by atoms with Crippen LogP contribution < -0.4 is 79.1 Å². The summed E-state index contributed by atoms with van der Waals surface area (Å²) in [6.07, 6.45) is 0. The summed E-state index contributed by atoms with van der Waals surface area (Å²) in [5.41, 5.74) is 0. The maximum Gasteiger partial charge on any atom is 1.00 e. The van der Waals surface area contributed by atoms with Crippen molar-refractivity contribution in [1.82, 2.24) is 0 Å². The quantitative estimate of drug-likeness (QED) is 0.527. The van der Waals surface area contributed by atoms with Crippen LogP contribution in [0.15, 0.2) is 60.7 Å². The first-order chi connectivity index (χ1) is 8.18. The number of hydrogen-bond donors (Lipinski definition) is 0. The SMILES string of the molecule is [Na+].[Na+].[O-][Si]([O-])(O[SiH2]c1ccccc1)c1ccccc1. The molecule has 0 aliphatic carbocycles. The van der Waals surface area contributed by atoms with Crippen LogP contribution in [0.3, 0.4) is 0 Å². The monoisotopic (exact) mass is 306 g/mol. The molecule has 0 radical (unpaired) electrons. The Labute approximate surface area is 160 Å². The molecule has 0 atom stereocenters. The van der Waals surface area contributed by atoms with Gasteiger partial charge < -0.3 is 13.7 Å². The van der Waals surface area contributed by atoms with E-state index >= 15 is 0 Å². The van der Waals surface area contributed by atoms with Gasteiger partial charge in [0.05, 0.1) is 0 Å². The summed E-state index contributed by atoms with van der Waals surface area (Å²) in [4.78, 5) is 23.7. The zero-order valence-corrected chi connectivity index (χ0v) is 17.6. The summed E-state index contributed by atoms with van der Waals surface area (Å²) in [7, 11) is -5.42. The summed E-state index contributed by atoms with van der Waals surface area (Å²) < 4.78 is 5.17. The van der Waals surface area contributed by atoms with Crippen LogP contribution in [0.1, 0.15) is 0 Å². The van der Waals surface area contributed by atoms with E-state index in [0.717, 1.165) is 5.19 Å². The van der Waals surface area contributed by atoms with Crippen molar-refractivity contribution in [1.29, 1.82) is 0 Å². The summed E-state index contributed by atoms with van der Waals surface area (Å²) in [5, 5.41) is 1.25. The standard InChI is InChI=1S/C12H12O3Si2.2Na/c13-17(14,12-9-5-2-6-10-12)15-16-11-7-3-1-4-8-11;;/h1-10H,16H2;;/q-2;2*+1. The average Bonchev–Trinajstić information content (AvgIpc) is 2.39. The van der Waals surface area contributed by atoms with Crippen molar-refractivity contribution in [3.63, 3.8) is 0 Å². The summed E-state index contributed by atoms with van der Waals surface area (Å²) in [5.74, 6) is 0. The molecule has 19 heavy (non-hydrogen) atoms. The summed E-state index contributed by atoms with van der Waals surface area (Å²) in [6.45, 7) is 0. The van der Waals surface area contributed by atoms with Gasteiger partial charge in [-0.15, -0.1) is 0 Å². The molecule has 0 unspecified atom stereocenters. The molecule has 2 rings (SSSR count). The van der Waals surface area contributed by atoms with E-state index in [2.05, 4.69) is 0 Å². The van der Waals surface area contributed by atoms with Crippen molar-refractivity contribution in [3.8, 4) is 0 Å². The predicted molar refractivity (Wildman–Crippen MR) is 67.5 cm³/mol. The molecule has 0 fully saturated rings. The van der Waals surface area contributed by atoms with Crippen molar-refractivity contribution < 1.29 is 72.8 Å². The number of hydrogen-bond acceptors (Lipinski definition) is 3. The van der Waals surface area contributed by atoms with E-state index in [1.165, 1.54) is 0 Å². The fraction of sp³-hybridized carbons (Fsp3) is 0. The van der Waals surface area contributed by atoms with Gasteiger partial charge in [0.2, 0.25) is 0 Å². The van der Waals surface area contributed by atoms with Gasteiger partial charge in [-0.2, -0.15) is 0 Å². The minimum Gasteiger partial charge on any atom is -0.847 e. The number of rotatable bonds is 4. The first kappa shape index (κ1) is 19.8. The van der Waals surface area contributed by atoms with E-state index < -0.39 is 18.6 Å². The molecule has 0 bridgehead atoms. The van der Waals surface area contributed by atoms with Gasteiger partial charge >= 0.3 is 59.1 Å². The van der Waals surface area contributed by atoms with Crippen molar-refractivity contribution in [2.45, 2.75) is 0 Å². The fourth-order valence-electron chi connectivity index (χ4n) is 1.48. The van der Waals surface area contributed by atoms with E-state index in [4.69, 9.17) is 4.12 Å². The predicted octanol–water partition coefficient (Wildman–Crippen LogP) is -8.01. The minimum absolute atomic E-state index is 0. The van der Waals surface area contributed by atoms with Gasteiger partial charge in [0.1, 0.15) is 0 Å². The van der Waals surface area contributed by atoms with Crippen LogP contribution in [0.25, 0.3) is 0 Å². The second-order valence-corrected chi connectivity index (χ2v) is 7.65. The zero-order chi connectivity index (χ0) is 12.1. The Morgan fingerprint density at radius 2 is 1.26 bits per heavy atom. The van der Waals surface area contributed by atoms with Crippen LogP contribution in [0, 0.1) is 0 Å². The second kappa shape index (κ2) is 9.65. The molecule has 0 aliphatic heterocycles. The van der Waals surface area contributed by atoms with Crippen molar-refractivity contribution in [2.24, 2.45) is 0 Å². The molecule has 2 aromatic carbocycles. The maximum absolute atomic E-state index is 11.9. The van der Waals surface area contributed by atoms with Gasteiger partial charge in [0.15, 0.2) is 9.76 Å². The third kappa shape index (κ3) is 6.37. The Hall–Kier alpha value is 0.754. The Bertz CT molecular complexity index is 469. The summed E-state index contributed by atoms with van der Waals surface area (Å²) >= 11 is 0. The van der Waals surface area contributed by atoms with E-state index in [1.54, 1.807) is 30.3 Å². The van der Waals surface area contributed by atoms with E-state index in [-0.39, 0.29) is 64.3 Å². The van der Waals surface area contributed by atoms with Crippen LogP contribution in [0.2, 0.25) is 0 Å². The molecule has 0 aromatic heterocycles. The molecule has 88 valence electrons. The Kier molecular flexibility index (Phi) is 10.0. The molecule has 0 amide bonds. The summed E-state index contributed by atoms with van der Waals surface area (Å²) in [6, 6.07) is 17.7. The van der Waals surface area contributed by atoms with Gasteiger partial charge in [-0.25, -0.2) is 0 Å². The molecule has 0 saturated heterocycles. The molecule has 0 N–H and O–H groups in total. The third-order valence-electron chi connectivity index (χ3n) is 2.40. The molecule has 0 aliphatic rings. The largest absolute Gasteiger partial charge is 1.00 e. The van der Waals surface area contributed by atoms with E-state index in [1.807, 2.05) is 30.3 Å². The smallest absolute Gasteiger partial charge is 0.847 e. The van der Waals surface area contributed by atoms with Gasteiger partial charge in [0, 0.05) is 8.80 Å². The Balaban J connectivity index is 0.00000162. The van der Waals surface area contributed by atoms with Gasteiger partial charge in [0.25, 0.3) is 0 Å². The van der Waals surface area contributed by atoms with Crippen LogP contribution in [-0.2, 0) is 4.12 Å². The van der Waals surface area contributed by atoms with Gasteiger partial charge in [-0.1, -0.05) is 65.9 Å². The van der Waals surface area contributed by atoms with Crippen LogP contribution in [0.4, 0.5) is 0 Å². The topological polar surface area (TPSA) is 55.3 Å². The molecular weight excluding hydrogens is 294 g/mol. The maximum atomic E-state index is 11.9. The molecule has 0 heterocycles. The van der Waals surface area contributed by atoms with E-state index in [9.17, 15) is 9.59 Å². The normalized spacial score (nSPS) is 10.8. The Morgan fingerprint density at radius 3 is 1.79 bits per heavy atom. The molecule has 0 spiro atoms. The molecule has 2 aromatic rings. The first-order valence-corrected chi connectivity index (χ1v) is 8.34. The van der Waals surface area contributed by atoms with Crippen LogP contribution in [0.5, 0.6) is 0 Å². The minimum atomic E-state index is -4.20. The second-order valence-electron chi connectivity index (χ2n) is 3.70. The Morgan fingerprint density at radius 1 is 0.789 bits per heavy atom. The zero-order valence-electron chi connectivity index (χ0n) is 11.2. The molecule has 3 nitrogen and oxygen atoms in total. The fourth-order valence-corrected chi connectivity index (χ4v) is 4.64. The number of benzene rings is 2. The van der Waals surface area contributed by atoms with E-state index in [0.29, 0.717) is 0 Å². The van der Waals surface area contributed by atoms with Crippen molar-refractivity contribution in [2.75, 3.05) is 0 Å². The third-order valence-corrected chi connectivity index (χ3v) is 6.34. The average molecular weight is 306 g/mol. The van der Waals surface area contributed by atoms with Gasteiger partial charge in [-0.05, 0) is 5.19 Å². The molecule has 0 saturated carbocycles.